The summed E-state index contributed by atoms with van der Waals surface area (Å²) in [5.41, 5.74) is 3.17. The minimum atomic E-state index is -3.79. The van der Waals surface area contributed by atoms with E-state index in [4.69, 9.17) is 14.2 Å². The Bertz CT molecular complexity index is 1120. The highest BCUT2D eigenvalue weighted by molar-refractivity contribution is 7.92. The Balaban J connectivity index is 2.30. The van der Waals surface area contributed by atoms with E-state index in [0.29, 0.717) is 28.4 Å². The SMILES string of the molecule is COc1cc(OC)c(C(c2ccc(C)cc2)S(=O)(=O)c2ccc(C)cc2)cc1OC. The van der Waals surface area contributed by atoms with Crippen LogP contribution in [-0.4, -0.2) is 29.7 Å². The van der Waals surface area contributed by atoms with Crippen molar-refractivity contribution in [2.24, 2.45) is 0 Å². The Morgan fingerprint density at radius 3 is 1.63 bits per heavy atom. The van der Waals surface area contributed by atoms with Gasteiger partial charge in [-0.3, -0.25) is 0 Å². The third-order valence-corrected chi connectivity index (χ3v) is 7.13. The van der Waals surface area contributed by atoms with E-state index in [9.17, 15) is 8.42 Å². The Hall–Kier alpha value is -2.99. The molecule has 1 atom stereocenters. The molecular weight excluding hydrogens is 400 g/mol. The molecule has 0 bridgehead atoms. The van der Waals surface area contributed by atoms with E-state index in [1.54, 1.807) is 36.4 Å². The van der Waals surface area contributed by atoms with Crippen LogP contribution in [0.3, 0.4) is 0 Å². The van der Waals surface area contributed by atoms with Crippen LogP contribution in [0.2, 0.25) is 0 Å². The number of ether oxygens (including phenoxy) is 3. The molecule has 0 fully saturated rings. The van der Waals surface area contributed by atoms with Crippen molar-refractivity contribution in [1.29, 1.82) is 0 Å². The molecular formula is C24H26O5S. The summed E-state index contributed by atoms with van der Waals surface area (Å²) in [6.07, 6.45) is 0. The minimum Gasteiger partial charge on any atom is -0.496 e. The summed E-state index contributed by atoms with van der Waals surface area (Å²) in [5, 5.41) is -0.976. The average Bonchev–Trinajstić information content (AvgIpc) is 2.75. The number of rotatable bonds is 7. The zero-order valence-corrected chi connectivity index (χ0v) is 18.6. The molecule has 0 saturated heterocycles. The number of benzene rings is 3. The predicted molar refractivity (Wildman–Crippen MR) is 117 cm³/mol. The fourth-order valence-electron chi connectivity index (χ4n) is 3.39. The van der Waals surface area contributed by atoms with E-state index in [0.717, 1.165) is 11.1 Å². The van der Waals surface area contributed by atoms with Crippen molar-refractivity contribution in [3.8, 4) is 17.2 Å². The van der Waals surface area contributed by atoms with Gasteiger partial charge in [-0.1, -0.05) is 47.5 Å². The quantitative estimate of drug-likeness (QED) is 0.538. The second-order valence-electron chi connectivity index (χ2n) is 7.10. The van der Waals surface area contributed by atoms with E-state index in [1.165, 1.54) is 21.3 Å². The van der Waals surface area contributed by atoms with E-state index in [-0.39, 0.29) is 4.90 Å². The maximum absolute atomic E-state index is 13.8. The first-order valence-corrected chi connectivity index (χ1v) is 11.0. The zero-order chi connectivity index (χ0) is 21.9. The number of hydrogen-bond donors (Lipinski definition) is 0. The van der Waals surface area contributed by atoms with Crippen LogP contribution < -0.4 is 14.2 Å². The van der Waals surface area contributed by atoms with Crippen LogP contribution in [0.4, 0.5) is 0 Å². The summed E-state index contributed by atoms with van der Waals surface area (Å²) < 4.78 is 44.0. The second-order valence-corrected chi connectivity index (χ2v) is 9.13. The lowest BCUT2D eigenvalue weighted by molar-refractivity contribution is 0.347. The van der Waals surface area contributed by atoms with Gasteiger partial charge >= 0.3 is 0 Å². The van der Waals surface area contributed by atoms with Gasteiger partial charge in [0.2, 0.25) is 0 Å². The molecule has 0 N–H and O–H groups in total. The van der Waals surface area contributed by atoms with Gasteiger partial charge in [0.1, 0.15) is 11.0 Å². The van der Waals surface area contributed by atoms with Crippen molar-refractivity contribution in [3.63, 3.8) is 0 Å². The lowest BCUT2D eigenvalue weighted by atomic mass is 10.0. The number of sulfone groups is 1. The first-order valence-electron chi connectivity index (χ1n) is 9.49. The molecule has 30 heavy (non-hydrogen) atoms. The standard InChI is InChI=1S/C24H26O5S/c1-16-6-10-18(11-7-16)24(30(25,26)19-12-8-17(2)9-13-19)20-14-22(28-4)23(29-5)15-21(20)27-3/h6-15,24H,1-5H3. The van der Waals surface area contributed by atoms with E-state index >= 15 is 0 Å². The van der Waals surface area contributed by atoms with Crippen LogP contribution in [0, 0.1) is 13.8 Å². The summed E-state index contributed by atoms with van der Waals surface area (Å²) in [6, 6.07) is 17.7. The molecule has 0 heterocycles. The highest BCUT2D eigenvalue weighted by Gasteiger charge is 2.34. The normalized spacial score (nSPS) is 12.3. The largest absolute Gasteiger partial charge is 0.496 e. The van der Waals surface area contributed by atoms with Gasteiger partial charge in [0.15, 0.2) is 21.3 Å². The maximum atomic E-state index is 13.8. The fourth-order valence-corrected chi connectivity index (χ4v) is 5.21. The van der Waals surface area contributed by atoms with E-state index in [1.807, 2.05) is 38.1 Å². The first kappa shape index (κ1) is 21.7. The summed E-state index contributed by atoms with van der Waals surface area (Å²) in [6.45, 7) is 3.88. The van der Waals surface area contributed by atoms with Gasteiger partial charge in [0.25, 0.3) is 0 Å². The lowest BCUT2D eigenvalue weighted by Crippen LogP contribution is -2.16. The van der Waals surface area contributed by atoms with Gasteiger partial charge < -0.3 is 14.2 Å². The number of hydrogen-bond acceptors (Lipinski definition) is 5. The summed E-state index contributed by atoms with van der Waals surface area (Å²) >= 11 is 0. The molecule has 0 spiro atoms. The Morgan fingerprint density at radius 1 is 0.667 bits per heavy atom. The Labute approximate surface area is 178 Å². The Kier molecular flexibility index (Phi) is 6.37. The maximum Gasteiger partial charge on any atom is 0.189 e. The predicted octanol–water partition coefficient (Wildman–Crippen LogP) is 4.89. The van der Waals surface area contributed by atoms with Crippen LogP contribution in [0.5, 0.6) is 17.2 Å². The zero-order valence-electron chi connectivity index (χ0n) is 17.8. The molecule has 0 radical (unpaired) electrons. The molecule has 0 saturated carbocycles. The van der Waals surface area contributed by atoms with Gasteiger partial charge in [-0.05, 0) is 37.6 Å². The molecule has 0 aliphatic rings. The Morgan fingerprint density at radius 2 is 1.13 bits per heavy atom. The van der Waals surface area contributed by atoms with Gasteiger partial charge in [-0.25, -0.2) is 8.42 Å². The van der Waals surface area contributed by atoms with Gasteiger partial charge in [0, 0.05) is 11.6 Å². The number of methoxy groups -OCH3 is 3. The summed E-state index contributed by atoms with van der Waals surface area (Å²) in [4.78, 5) is 0.246. The molecule has 6 heteroatoms. The van der Waals surface area contributed by atoms with Crippen molar-refractivity contribution in [3.05, 3.63) is 82.9 Å². The molecule has 1 unspecified atom stereocenters. The van der Waals surface area contributed by atoms with Gasteiger partial charge in [0.05, 0.1) is 26.2 Å². The third-order valence-electron chi connectivity index (χ3n) is 5.06. The van der Waals surface area contributed by atoms with Crippen molar-refractivity contribution in [2.75, 3.05) is 21.3 Å². The minimum absolute atomic E-state index is 0.246. The molecule has 0 aliphatic carbocycles. The number of aryl methyl sites for hydroxylation is 2. The first-order chi connectivity index (χ1) is 14.3. The summed E-state index contributed by atoms with van der Waals surface area (Å²) in [5.74, 6) is 1.31. The molecule has 0 amide bonds. The fraction of sp³-hybridized carbons (Fsp3) is 0.250. The van der Waals surface area contributed by atoms with Crippen LogP contribution >= 0.6 is 0 Å². The van der Waals surface area contributed by atoms with Crippen molar-refractivity contribution in [1.82, 2.24) is 0 Å². The lowest BCUT2D eigenvalue weighted by Gasteiger charge is -2.23. The molecule has 158 valence electrons. The topological polar surface area (TPSA) is 61.8 Å². The van der Waals surface area contributed by atoms with E-state index < -0.39 is 15.1 Å². The molecule has 3 aromatic carbocycles. The molecule has 3 aromatic rings. The van der Waals surface area contributed by atoms with Crippen LogP contribution in [0.15, 0.2) is 65.6 Å². The van der Waals surface area contributed by atoms with Crippen LogP contribution in [-0.2, 0) is 9.84 Å². The summed E-state index contributed by atoms with van der Waals surface area (Å²) in [7, 11) is 0.762. The average molecular weight is 427 g/mol. The van der Waals surface area contributed by atoms with Crippen molar-refractivity contribution >= 4 is 9.84 Å². The molecule has 5 nitrogen and oxygen atoms in total. The van der Waals surface area contributed by atoms with Crippen molar-refractivity contribution in [2.45, 2.75) is 24.0 Å². The second kappa shape index (κ2) is 8.79. The monoisotopic (exact) mass is 426 g/mol. The van der Waals surface area contributed by atoms with Crippen LogP contribution in [0.1, 0.15) is 27.5 Å². The van der Waals surface area contributed by atoms with Gasteiger partial charge in [-0.15, -0.1) is 0 Å². The smallest absolute Gasteiger partial charge is 0.189 e. The third kappa shape index (κ3) is 4.14. The van der Waals surface area contributed by atoms with Gasteiger partial charge in [-0.2, -0.15) is 0 Å². The van der Waals surface area contributed by atoms with Crippen LogP contribution in [0.25, 0.3) is 0 Å². The highest BCUT2D eigenvalue weighted by Crippen LogP contribution is 2.44. The molecule has 3 rings (SSSR count). The highest BCUT2D eigenvalue weighted by atomic mass is 32.2. The van der Waals surface area contributed by atoms with Crippen molar-refractivity contribution < 1.29 is 22.6 Å². The van der Waals surface area contributed by atoms with E-state index in [2.05, 4.69) is 0 Å². The molecule has 0 aliphatic heterocycles. The molecule has 0 aromatic heterocycles.